The second-order valence-corrected chi connectivity index (χ2v) is 8.30. The van der Waals surface area contributed by atoms with Gasteiger partial charge in [-0.15, -0.1) is 0 Å². The summed E-state index contributed by atoms with van der Waals surface area (Å²) in [6.45, 7) is 5.47. The molecule has 2 rings (SSSR count). The molecule has 1 saturated heterocycles. The van der Waals surface area contributed by atoms with Crippen LogP contribution in [-0.2, 0) is 19.2 Å². The Balaban J connectivity index is 2.17. The van der Waals surface area contributed by atoms with Gasteiger partial charge in [-0.05, 0) is 33.6 Å². The van der Waals surface area contributed by atoms with Gasteiger partial charge >= 0.3 is 16.4 Å². The van der Waals surface area contributed by atoms with Crippen LogP contribution in [0.1, 0.15) is 52.9 Å². The second-order valence-electron chi connectivity index (χ2n) is 6.77. The van der Waals surface area contributed by atoms with Crippen molar-refractivity contribution in [3.63, 3.8) is 0 Å². The van der Waals surface area contributed by atoms with Crippen molar-refractivity contribution in [2.75, 3.05) is 13.2 Å². The SMILES string of the molecule is CC(C)(C)OC(=O)N1CC2(CCCCC2)COS1(=O)=O. The Labute approximate surface area is 120 Å². The third kappa shape index (κ3) is 3.44. The lowest BCUT2D eigenvalue weighted by atomic mass is 9.74. The van der Waals surface area contributed by atoms with E-state index < -0.39 is 22.0 Å². The maximum absolute atomic E-state index is 12.1. The molecule has 116 valence electrons. The highest BCUT2D eigenvalue weighted by atomic mass is 32.2. The summed E-state index contributed by atoms with van der Waals surface area (Å²) < 4.78 is 34.8. The number of hydrogen-bond acceptors (Lipinski definition) is 5. The van der Waals surface area contributed by atoms with E-state index in [9.17, 15) is 13.2 Å². The molecule has 0 aromatic rings. The van der Waals surface area contributed by atoms with Crippen LogP contribution in [0.3, 0.4) is 0 Å². The van der Waals surface area contributed by atoms with Gasteiger partial charge in [0, 0.05) is 5.41 Å². The zero-order valence-electron chi connectivity index (χ0n) is 12.3. The van der Waals surface area contributed by atoms with Crippen LogP contribution in [-0.4, -0.2) is 37.6 Å². The van der Waals surface area contributed by atoms with E-state index in [1.165, 1.54) is 0 Å². The maximum Gasteiger partial charge on any atom is 0.425 e. The fraction of sp³-hybridized carbons (Fsp3) is 0.923. The van der Waals surface area contributed by atoms with E-state index in [0.29, 0.717) is 0 Å². The topological polar surface area (TPSA) is 72.9 Å². The highest BCUT2D eigenvalue weighted by molar-refractivity contribution is 7.84. The number of ether oxygens (including phenoxy) is 1. The molecule has 0 aromatic heterocycles. The Morgan fingerprint density at radius 3 is 2.35 bits per heavy atom. The van der Waals surface area contributed by atoms with Crippen molar-refractivity contribution in [3.8, 4) is 0 Å². The molecular weight excluding hydrogens is 282 g/mol. The van der Waals surface area contributed by atoms with E-state index in [0.717, 1.165) is 36.4 Å². The molecule has 2 fully saturated rings. The molecule has 1 aliphatic carbocycles. The molecule has 1 saturated carbocycles. The first kappa shape index (κ1) is 15.6. The predicted molar refractivity (Wildman–Crippen MR) is 73.3 cm³/mol. The van der Waals surface area contributed by atoms with Crippen LogP contribution in [0.2, 0.25) is 0 Å². The number of hydrogen-bond donors (Lipinski definition) is 0. The molecule has 0 N–H and O–H groups in total. The summed E-state index contributed by atoms with van der Waals surface area (Å²) in [6.07, 6.45) is 4.18. The van der Waals surface area contributed by atoms with Crippen LogP contribution in [0, 0.1) is 5.41 Å². The third-order valence-corrected chi connectivity index (χ3v) is 5.01. The second kappa shape index (κ2) is 5.18. The Morgan fingerprint density at radius 2 is 1.80 bits per heavy atom. The molecule has 0 radical (unpaired) electrons. The first-order valence-electron chi connectivity index (χ1n) is 7.04. The van der Waals surface area contributed by atoms with E-state index in [-0.39, 0.29) is 18.6 Å². The molecule has 1 heterocycles. The summed E-state index contributed by atoms with van der Waals surface area (Å²) >= 11 is 0. The lowest BCUT2D eigenvalue weighted by Crippen LogP contribution is -2.54. The normalized spacial score (nSPS) is 25.4. The fourth-order valence-electron chi connectivity index (χ4n) is 2.77. The van der Waals surface area contributed by atoms with Crippen molar-refractivity contribution in [1.82, 2.24) is 4.31 Å². The molecule has 0 atom stereocenters. The van der Waals surface area contributed by atoms with Crippen molar-refractivity contribution in [2.45, 2.75) is 58.5 Å². The maximum atomic E-state index is 12.1. The van der Waals surface area contributed by atoms with Gasteiger partial charge in [-0.2, -0.15) is 12.7 Å². The van der Waals surface area contributed by atoms with Gasteiger partial charge in [-0.3, -0.25) is 4.18 Å². The van der Waals surface area contributed by atoms with E-state index in [2.05, 4.69) is 0 Å². The standard InChI is InChI=1S/C13H23NO5S/c1-12(2,3)19-11(15)14-9-13(7-5-4-6-8-13)10-18-20(14,16)17/h4-10H2,1-3H3. The fourth-order valence-corrected chi connectivity index (χ4v) is 3.94. The minimum absolute atomic E-state index is 0.171. The van der Waals surface area contributed by atoms with E-state index in [4.69, 9.17) is 8.92 Å². The molecule has 1 aliphatic heterocycles. The summed E-state index contributed by atoms with van der Waals surface area (Å²) in [5.41, 5.74) is -0.968. The largest absolute Gasteiger partial charge is 0.443 e. The van der Waals surface area contributed by atoms with Crippen LogP contribution in [0.15, 0.2) is 0 Å². The van der Waals surface area contributed by atoms with E-state index in [1.54, 1.807) is 20.8 Å². The molecule has 20 heavy (non-hydrogen) atoms. The highest BCUT2D eigenvalue weighted by Gasteiger charge is 2.47. The molecule has 6 nitrogen and oxygen atoms in total. The van der Waals surface area contributed by atoms with Crippen LogP contribution in [0.4, 0.5) is 4.79 Å². The van der Waals surface area contributed by atoms with Gasteiger partial charge in [0.15, 0.2) is 0 Å². The average molecular weight is 305 g/mol. The average Bonchev–Trinajstić information content (AvgIpc) is 2.32. The molecule has 0 unspecified atom stereocenters. The first-order chi connectivity index (χ1) is 9.14. The minimum atomic E-state index is -4.01. The molecule has 2 aliphatic rings. The van der Waals surface area contributed by atoms with E-state index >= 15 is 0 Å². The number of amides is 1. The van der Waals surface area contributed by atoms with Crippen molar-refractivity contribution in [3.05, 3.63) is 0 Å². The zero-order valence-corrected chi connectivity index (χ0v) is 13.2. The summed E-state index contributed by atoms with van der Waals surface area (Å²) in [4.78, 5) is 12.1. The van der Waals surface area contributed by atoms with Crippen LogP contribution >= 0.6 is 0 Å². The summed E-state index contributed by atoms with van der Waals surface area (Å²) in [5.74, 6) is 0. The third-order valence-electron chi connectivity index (χ3n) is 3.77. The Kier molecular flexibility index (Phi) is 4.03. The number of carbonyl (C=O) groups excluding carboxylic acids is 1. The van der Waals surface area contributed by atoms with Crippen molar-refractivity contribution in [2.24, 2.45) is 5.41 Å². The monoisotopic (exact) mass is 305 g/mol. The highest BCUT2D eigenvalue weighted by Crippen LogP contribution is 2.41. The predicted octanol–water partition coefficient (Wildman–Crippen LogP) is 2.45. The summed E-state index contributed by atoms with van der Waals surface area (Å²) in [6, 6.07) is 0. The Morgan fingerprint density at radius 1 is 1.20 bits per heavy atom. The van der Waals surface area contributed by atoms with Gasteiger partial charge in [-0.25, -0.2) is 4.79 Å². The molecule has 1 spiro atoms. The Bertz CT molecular complexity index is 473. The molecule has 0 aromatic carbocycles. The quantitative estimate of drug-likeness (QED) is 0.687. The van der Waals surface area contributed by atoms with Crippen molar-refractivity contribution >= 4 is 16.4 Å². The van der Waals surface area contributed by atoms with Gasteiger partial charge in [-0.1, -0.05) is 19.3 Å². The summed E-state index contributed by atoms with van der Waals surface area (Å²) in [7, 11) is -4.01. The lowest BCUT2D eigenvalue weighted by Gasteiger charge is -2.43. The molecule has 0 bridgehead atoms. The van der Waals surface area contributed by atoms with Crippen LogP contribution in [0.25, 0.3) is 0 Å². The summed E-state index contributed by atoms with van der Waals surface area (Å²) in [5, 5.41) is 0. The smallest absolute Gasteiger partial charge is 0.425 e. The number of carbonyl (C=O) groups is 1. The Hall–Kier alpha value is -0.820. The van der Waals surface area contributed by atoms with Gasteiger partial charge in [0.25, 0.3) is 0 Å². The number of rotatable bonds is 0. The molecule has 7 heteroatoms. The minimum Gasteiger partial charge on any atom is -0.443 e. The molecular formula is C13H23NO5S. The van der Waals surface area contributed by atoms with Gasteiger partial charge in [0.05, 0.1) is 13.2 Å². The van der Waals surface area contributed by atoms with Crippen molar-refractivity contribution in [1.29, 1.82) is 0 Å². The van der Waals surface area contributed by atoms with Gasteiger partial charge < -0.3 is 4.74 Å². The lowest BCUT2D eigenvalue weighted by molar-refractivity contribution is 0.00462. The van der Waals surface area contributed by atoms with Gasteiger partial charge in [0.1, 0.15) is 5.60 Å². The molecule has 1 amide bonds. The van der Waals surface area contributed by atoms with Crippen molar-refractivity contribution < 1.29 is 22.1 Å². The zero-order chi connectivity index (χ0) is 15.0. The first-order valence-corrected chi connectivity index (χ1v) is 8.40. The van der Waals surface area contributed by atoms with Gasteiger partial charge in [0.2, 0.25) is 0 Å². The number of nitrogens with zero attached hydrogens (tertiary/aromatic N) is 1. The van der Waals surface area contributed by atoms with E-state index in [1.807, 2.05) is 0 Å². The van der Waals surface area contributed by atoms with Crippen LogP contribution in [0.5, 0.6) is 0 Å². The van der Waals surface area contributed by atoms with Crippen LogP contribution < -0.4 is 0 Å².